The first kappa shape index (κ1) is 21.2. The van der Waals surface area contributed by atoms with Gasteiger partial charge in [0.25, 0.3) is 5.91 Å². The van der Waals surface area contributed by atoms with E-state index in [0.29, 0.717) is 36.7 Å². The highest BCUT2D eigenvalue weighted by Crippen LogP contribution is 2.20. The van der Waals surface area contributed by atoms with E-state index in [0.717, 1.165) is 15.1 Å². The third kappa shape index (κ3) is 5.50. The molecule has 0 aliphatic heterocycles. The van der Waals surface area contributed by atoms with Gasteiger partial charge in [0, 0.05) is 24.1 Å². The van der Waals surface area contributed by atoms with Gasteiger partial charge in [-0.05, 0) is 49.6 Å². The van der Waals surface area contributed by atoms with Crippen LogP contribution in [0.25, 0.3) is 16.3 Å². The Morgan fingerprint density at radius 2 is 2.07 bits per heavy atom. The van der Waals surface area contributed by atoms with E-state index in [-0.39, 0.29) is 11.9 Å². The number of rotatable bonds is 8. The van der Waals surface area contributed by atoms with E-state index in [2.05, 4.69) is 4.99 Å². The van der Waals surface area contributed by atoms with Gasteiger partial charge in [-0.15, -0.1) is 11.3 Å². The summed E-state index contributed by atoms with van der Waals surface area (Å²) in [6.07, 6.45) is 3.22. The van der Waals surface area contributed by atoms with Crippen LogP contribution in [0.3, 0.4) is 0 Å². The van der Waals surface area contributed by atoms with E-state index in [9.17, 15) is 9.59 Å². The number of hydrogen-bond acceptors (Lipinski definition) is 6. The van der Waals surface area contributed by atoms with Crippen LogP contribution in [0.1, 0.15) is 29.1 Å². The Kier molecular flexibility index (Phi) is 7.51. The fourth-order valence-electron chi connectivity index (χ4n) is 2.69. The molecule has 6 nitrogen and oxygen atoms in total. The summed E-state index contributed by atoms with van der Waals surface area (Å²) in [4.78, 5) is 30.2. The average Bonchev–Trinajstić information content (AvgIpc) is 3.34. The minimum absolute atomic E-state index is 0.321. The number of aromatic nitrogens is 1. The van der Waals surface area contributed by atoms with Crippen LogP contribution < -0.4 is 4.80 Å². The lowest BCUT2D eigenvalue weighted by atomic mass is 10.2. The van der Waals surface area contributed by atoms with Crippen molar-refractivity contribution < 1.29 is 19.1 Å². The SMILES string of the molecule is CCOCCn1c(=NC(=O)C=Cc2cccs2)sc2cc(C(=O)OCC)ccc21. The molecule has 0 atom stereocenters. The normalized spacial score (nSPS) is 12.1. The topological polar surface area (TPSA) is 69.9 Å². The number of carbonyl (C=O) groups is 2. The molecule has 2 aromatic heterocycles. The second-order valence-electron chi connectivity index (χ2n) is 5.93. The summed E-state index contributed by atoms with van der Waals surface area (Å²) in [5, 5.41) is 1.95. The maximum atomic E-state index is 12.4. The molecule has 0 radical (unpaired) electrons. The minimum atomic E-state index is -0.364. The Morgan fingerprint density at radius 3 is 2.79 bits per heavy atom. The number of carbonyl (C=O) groups excluding carboxylic acids is 2. The van der Waals surface area contributed by atoms with Gasteiger partial charge in [0.1, 0.15) is 0 Å². The Balaban J connectivity index is 1.97. The first-order valence-electron chi connectivity index (χ1n) is 9.31. The predicted octanol–water partition coefficient (Wildman–Crippen LogP) is 4.12. The Morgan fingerprint density at radius 1 is 1.21 bits per heavy atom. The van der Waals surface area contributed by atoms with Gasteiger partial charge in [-0.2, -0.15) is 4.99 Å². The van der Waals surface area contributed by atoms with Crippen molar-refractivity contribution >= 4 is 50.8 Å². The maximum Gasteiger partial charge on any atom is 0.338 e. The summed E-state index contributed by atoms with van der Waals surface area (Å²) in [5.74, 6) is -0.696. The number of esters is 1. The molecule has 29 heavy (non-hydrogen) atoms. The van der Waals surface area contributed by atoms with E-state index in [1.54, 1.807) is 36.5 Å². The highest BCUT2D eigenvalue weighted by molar-refractivity contribution is 7.16. The number of ether oxygens (including phenoxy) is 2. The lowest BCUT2D eigenvalue weighted by molar-refractivity contribution is -0.113. The molecule has 0 bridgehead atoms. The van der Waals surface area contributed by atoms with Crippen molar-refractivity contribution in [3.8, 4) is 0 Å². The number of nitrogens with zero attached hydrogens (tertiary/aromatic N) is 2. The summed E-state index contributed by atoms with van der Waals surface area (Å²) in [5.41, 5.74) is 1.38. The monoisotopic (exact) mass is 430 g/mol. The molecule has 2 heterocycles. The maximum absolute atomic E-state index is 12.4. The largest absolute Gasteiger partial charge is 0.462 e. The van der Waals surface area contributed by atoms with Crippen LogP contribution in [0, 0.1) is 0 Å². The molecule has 0 saturated carbocycles. The fraction of sp³-hybridized carbons (Fsp3) is 0.286. The summed E-state index contributed by atoms with van der Waals surface area (Å²) in [6.45, 7) is 5.72. The number of fused-ring (bicyclic) bond motifs is 1. The first-order chi connectivity index (χ1) is 14.1. The molecule has 0 aliphatic carbocycles. The lowest BCUT2D eigenvalue weighted by Gasteiger charge is -2.06. The van der Waals surface area contributed by atoms with E-state index >= 15 is 0 Å². The molecule has 0 fully saturated rings. The molecule has 1 amide bonds. The van der Waals surface area contributed by atoms with Gasteiger partial charge in [0.2, 0.25) is 0 Å². The van der Waals surface area contributed by atoms with Gasteiger partial charge in [-0.3, -0.25) is 4.79 Å². The molecular weight excluding hydrogens is 408 g/mol. The summed E-state index contributed by atoms with van der Waals surface area (Å²) < 4.78 is 13.4. The summed E-state index contributed by atoms with van der Waals surface area (Å²) in [6, 6.07) is 9.23. The quantitative estimate of drug-likeness (QED) is 0.306. The van der Waals surface area contributed by atoms with Gasteiger partial charge in [-0.25, -0.2) is 4.79 Å². The number of benzene rings is 1. The summed E-state index contributed by atoms with van der Waals surface area (Å²) in [7, 11) is 0. The van der Waals surface area contributed by atoms with E-state index in [1.807, 2.05) is 35.1 Å². The number of amides is 1. The average molecular weight is 431 g/mol. The van der Waals surface area contributed by atoms with Crippen LogP contribution in [-0.2, 0) is 20.8 Å². The molecule has 8 heteroatoms. The van der Waals surface area contributed by atoms with Crippen molar-refractivity contribution in [3.63, 3.8) is 0 Å². The third-order valence-electron chi connectivity index (χ3n) is 4.00. The second kappa shape index (κ2) is 10.3. The van der Waals surface area contributed by atoms with Crippen LogP contribution >= 0.6 is 22.7 Å². The highest BCUT2D eigenvalue weighted by atomic mass is 32.1. The summed E-state index contributed by atoms with van der Waals surface area (Å²) >= 11 is 2.92. The third-order valence-corrected chi connectivity index (χ3v) is 5.88. The van der Waals surface area contributed by atoms with E-state index in [4.69, 9.17) is 9.47 Å². The fourth-order valence-corrected chi connectivity index (χ4v) is 4.41. The zero-order valence-electron chi connectivity index (χ0n) is 16.3. The van der Waals surface area contributed by atoms with Gasteiger partial charge < -0.3 is 14.0 Å². The van der Waals surface area contributed by atoms with E-state index in [1.165, 1.54) is 17.4 Å². The van der Waals surface area contributed by atoms with Crippen LogP contribution in [0.4, 0.5) is 0 Å². The molecule has 0 saturated heterocycles. The minimum Gasteiger partial charge on any atom is -0.462 e. The Labute approximate surface area is 176 Å². The number of thiophene rings is 1. The van der Waals surface area contributed by atoms with Crippen molar-refractivity contribution in [2.24, 2.45) is 4.99 Å². The van der Waals surface area contributed by atoms with Crippen LogP contribution in [-0.4, -0.2) is 36.3 Å². The number of thiazole rings is 1. The van der Waals surface area contributed by atoms with Crippen molar-refractivity contribution in [1.29, 1.82) is 0 Å². The Bertz CT molecular complexity index is 1080. The Hall–Kier alpha value is -2.55. The van der Waals surface area contributed by atoms with Crippen LogP contribution in [0.5, 0.6) is 0 Å². The molecule has 0 N–H and O–H groups in total. The zero-order chi connectivity index (χ0) is 20.6. The predicted molar refractivity (Wildman–Crippen MR) is 116 cm³/mol. The van der Waals surface area contributed by atoms with Crippen molar-refractivity contribution in [3.05, 3.63) is 57.0 Å². The second-order valence-corrected chi connectivity index (χ2v) is 7.92. The van der Waals surface area contributed by atoms with Crippen molar-refractivity contribution in [1.82, 2.24) is 4.57 Å². The van der Waals surface area contributed by atoms with E-state index < -0.39 is 0 Å². The molecule has 0 unspecified atom stereocenters. The van der Waals surface area contributed by atoms with Crippen LogP contribution in [0.2, 0.25) is 0 Å². The molecule has 1 aromatic carbocycles. The molecular formula is C21H22N2O4S2. The van der Waals surface area contributed by atoms with Gasteiger partial charge in [0.05, 0.1) is 29.0 Å². The van der Waals surface area contributed by atoms with Crippen molar-refractivity contribution in [2.75, 3.05) is 19.8 Å². The first-order valence-corrected chi connectivity index (χ1v) is 11.0. The molecule has 3 aromatic rings. The molecule has 0 aliphatic rings. The van der Waals surface area contributed by atoms with Gasteiger partial charge in [0.15, 0.2) is 4.80 Å². The molecule has 152 valence electrons. The highest BCUT2D eigenvalue weighted by Gasteiger charge is 2.12. The smallest absolute Gasteiger partial charge is 0.338 e. The van der Waals surface area contributed by atoms with Crippen molar-refractivity contribution in [2.45, 2.75) is 20.4 Å². The molecule has 3 rings (SSSR count). The lowest BCUT2D eigenvalue weighted by Crippen LogP contribution is -2.19. The zero-order valence-corrected chi connectivity index (χ0v) is 17.9. The van der Waals surface area contributed by atoms with Gasteiger partial charge >= 0.3 is 5.97 Å². The molecule has 0 spiro atoms. The van der Waals surface area contributed by atoms with Gasteiger partial charge in [-0.1, -0.05) is 17.4 Å². The number of hydrogen-bond donors (Lipinski definition) is 0. The standard InChI is InChI=1S/C21H22N2O4S2/c1-3-26-12-11-23-17-9-7-15(20(25)27-4-2)14-18(17)29-21(23)22-19(24)10-8-16-6-5-13-28-16/h5-10,13-14H,3-4,11-12H2,1-2H3. The van der Waals surface area contributed by atoms with Crippen LogP contribution in [0.15, 0.2) is 46.8 Å².